The molecule has 1 aromatic carbocycles. The summed E-state index contributed by atoms with van der Waals surface area (Å²) in [6, 6.07) is 5.76. The first-order valence-corrected chi connectivity index (χ1v) is 10.3. The van der Waals surface area contributed by atoms with Gasteiger partial charge in [0.15, 0.2) is 0 Å². The van der Waals surface area contributed by atoms with Gasteiger partial charge in [-0.1, -0.05) is 0 Å². The van der Waals surface area contributed by atoms with Gasteiger partial charge >= 0.3 is 6.03 Å². The van der Waals surface area contributed by atoms with Crippen molar-refractivity contribution in [3.8, 4) is 5.75 Å². The van der Waals surface area contributed by atoms with Crippen LogP contribution in [0.3, 0.4) is 0 Å². The fourth-order valence-corrected chi connectivity index (χ4v) is 4.02. The van der Waals surface area contributed by atoms with Gasteiger partial charge in [-0.15, -0.1) is 0 Å². The summed E-state index contributed by atoms with van der Waals surface area (Å²) in [5.74, 6) is 1.17. The molecule has 3 amide bonds. The molecule has 1 saturated carbocycles. The van der Waals surface area contributed by atoms with Gasteiger partial charge in [0.05, 0.1) is 19.4 Å². The number of anilines is 2. The van der Waals surface area contributed by atoms with Crippen LogP contribution in [0.5, 0.6) is 5.75 Å². The molecule has 1 unspecified atom stereocenters. The summed E-state index contributed by atoms with van der Waals surface area (Å²) in [5, 5.41) is 3.04. The van der Waals surface area contributed by atoms with Crippen molar-refractivity contribution in [1.29, 1.82) is 0 Å². The van der Waals surface area contributed by atoms with Crippen molar-refractivity contribution in [1.82, 2.24) is 4.90 Å². The molecule has 1 N–H and O–H groups in total. The average molecular weight is 387 g/mol. The molecule has 2 heterocycles. The first-order chi connectivity index (χ1) is 13.7. The van der Waals surface area contributed by atoms with Crippen LogP contribution >= 0.6 is 0 Å². The van der Waals surface area contributed by atoms with Gasteiger partial charge in [0.25, 0.3) is 0 Å². The monoisotopic (exact) mass is 387 g/mol. The SMILES string of the molecule is COc1ccc(NC(=O)N(CC2CCOC2)C2CC2)cc1N1CCCCC1=O. The van der Waals surface area contributed by atoms with Crippen molar-refractivity contribution in [2.75, 3.05) is 43.6 Å². The lowest BCUT2D eigenvalue weighted by molar-refractivity contribution is -0.119. The summed E-state index contributed by atoms with van der Waals surface area (Å²) in [6.07, 6.45) is 5.60. The molecule has 0 spiro atoms. The Kier molecular flexibility index (Phi) is 5.71. The number of nitrogens with one attached hydrogen (secondary N) is 1. The highest BCUT2D eigenvalue weighted by atomic mass is 16.5. The fraction of sp³-hybridized carbons (Fsp3) is 0.619. The molecule has 2 saturated heterocycles. The van der Waals surface area contributed by atoms with Gasteiger partial charge in [0, 0.05) is 43.8 Å². The Bertz CT molecular complexity index is 728. The fourth-order valence-electron chi connectivity index (χ4n) is 4.02. The summed E-state index contributed by atoms with van der Waals surface area (Å²) in [4.78, 5) is 29.0. The molecular formula is C21H29N3O4. The number of carbonyl (C=O) groups excluding carboxylic acids is 2. The maximum atomic E-state index is 13.0. The standard InChI is InChI=1S/C21H29N3O4/c1-27-19-8-5-16(12-18(19)23-10-3-2-4-20(23)25)22-21(26)24(17-6-7-17)13-15-9-11-28-14-15/h5,8,12,15,17H,2-4,6-7,9-11,13-14H2,1H3,(H,22,26). The van der Waals surface area contributed by atoms with E-state index < -0.39 is 0 Å². The zero-order chi connectivity index (χ0) is 19.5. The molecule has 3 aliphatic rings. The maximum Gasteiger partial charge on any atom is 0.322 e. The van der Waals surface area contributed by atoms with E-state index in [9.17, 15) is 9.59 Å². The molecule has 0 radical (unpaired) electrons. The second kappa shape index (κ2) is 8.39. The Labute approximate surface area is 166 Å². The molecule has 1 aromatic rings. The van der Waals surface area contributed by atoms with Gasteiger partial charge in [-0.2, -0.15) is 0 Å². The molecular weight excluding hydrogens is 358 g/mol. The van der Waals surface area contributed by atoms with Gasteiger partial charge in [0.1, 0.15) is 5.75 Å². The minimum absolute atomic E-state index is 0.0736. The minimum atomic E-state index is -0.0736. The van der Waals surface area contributed by atoms with E-state index >= 15 is 0 Å². The number of nitrogens with zero attached hydrogens (tertiary/aromatic N) is 2. The Hall–Kier alpha value is -2.28. The Morgan fingerprint density at radius 3 is 2.86 bits per heavy atom. The van der Waals surface area contributed by atoms with Crippen molar-refractivity contribution in [2.24, 2.45) is 5.92 Å². The van der Waals surface area contributed by atoms with Crippen LogP contribution in [0.1, 0.15) is 38.5 Å². The smallest absolute Gasteiger partial charge is 0.322 e. The minimum Gasteiger partial charge on any atom is -0.495 e. The number of benzene rings is 1. The predicted molar refractivity (Wildman–Crippen MR) is 107 cm³/mol. The lowest BCUT2D eigenvalue weighted by Crippen LogP contribution is -2.40. The van der Waals surface area contributed by atoms with Crippen LogP contribution in [0.2, 0.25) is 0 Å². The van der Waals surface area contributed by atoms with E-state index in [-0.39, 0.29) is 11.9 Å². The van der Waals surface area contributed by atoms with Gasteiger partial charge in [-0.05, 0) is 50.3 Å². The first-order valence-electron chi connectivity index (χ1n) is 10.3. The number of hydrogen-bond acceptors (Lipinski definition) is 4. The third-order valence-corrected chi connectivity index (χ3v) is 5.77. The normalized spacial score (nSPS) is 22.2. The quantitative estimate of drug-likeness (QED) is 0.813. The highest BCUT2D eigenvalue weighted by Crippen LogP contribution is 2.34. The van der Waals surface area contributed by atoms with Gasteiger partial charge < -0.3 is 24.6 Å². The summed E-state index contributed by atoms with van der Waals surface area (Å²) in [5.41, 5.74) is 1.42. The first kappa shape index (κ1) is 19.1. The predicted octanol–water partition coefficient (Wildman–Crippen LogP) is 3.24. The molecule has 1 aliphatic carbocycles. The molecule has 28 heavy (non-hydrogen) atoms. The third-order valence-electron chi connectivity index (χ3n) is 5.77. The zero-order valence-electron chi connectivity index (χ0n) is 16.5. The summed E-state index contributed by atoms with van der Waals surface area (Å²) < 4.78 is 10.9. The second-order valence-electron chi connectivity index (χ2n) is 7.93. The summed E-state index contributed by atoms with van der Waals surface area (Å²) in [7, 11) is 1.60. The number of piperidine rings is 1. The molecule has 0 bridgehead atoms. The second-order valence-corrected chi connectivity index (χ2v) is 7.93. The lowest BCUT2D eigenvalue weighted by atomic mass is 10.1. The summed E-state index contributed by atoms with van der Waals surface area (Å²) >= 11 is 0. The lowest BCUT2D eigenvalue weighted by Gasteiger charge is -2.29. The van der Waals surface area contributed by atoms with Crippen LogP contribution in [-0.4, -0.2) is 56.3 Å². The van der Waals surface area contributed by atoms with Crippen LogP contribution in [0.15, 0.2) is 18.2 Å². The molecule has 1 atom stereocenters. The van der Waals surface area contributed by atoms with Crippen LogP contribution < -0.4 is 15.0 Å². The van der Waals surface area contributed by atoms with Crippen molar-refractivity contribution in [2.45, 2.75) is 44.6 Å². The maximum absolute atomic E-state index is 13.0. The van der Waals surface area contributed by atoms with E-state index in [0.29, 0.717) is 36.4 Å². The Morgan fingerprint density at radius 2 is 2.18 bits per heavy atom. The number of urea groups is 1. The van der Waals surface area contributed by atoms with Crippen molar-refractivity contribution >= 4 is 23.3 Å². The number of ether oxygens (including phenoxy) is 2. The topological polar surface area (TPSA) is 71.1 Å². The third kappa shape index (κ3) is 4.24. The van der Waals surface area contributed by atoms with Gasteiger partial charge in [-0.3, -0.25) is 4.79 Å². The number of rotatable bonds is 6. The van der Waals surface area contributed by atoms with Crippen LogP contribution in [0.25, 0.3) is 0 Å². The van der Waals surface area contributed by atoms with E-state index in [0.717, 1.165) is 57.6 Å². The number of methoxy groups -OCH3 is 1. The van der Waals surface area contributed by atoms with E-state index in [1.807, 2.05) is 23.1 Å². The molecule has 0 aromatic heterocycles. The zero-order valence-corrected chi connectivity index (χ0v) is 16.5. The van der Waals surface area contributed by atoms with E-state index in [1.54, 1.807) is 12.0 Å². The Morgan fingerprint density at radius 1 is 1.32 bits per heavy atom. The van der Waals surface area contributed by atoms with Crippen LogP contribution in [0.4, 0.5) is 16.2 Å². The molecule has 4 rings (SSSR count). The highest BCUT2D eigenvalue weighted by Gasteiger charge is 2.35. The van der Waals surface area contributed by atoms with Crippen LogP contribution in [-0.2, 0) is 9.53 Å². The van der Waals surface area contributed by atoms with E-state index in [4.69, 9.17) is 9.47 Å². The van der Waals surface area contributed by atoms with Crippen LogP contribution in [0, 0.1) is 5.92 Å². The molecule has 7 heteroatoms. The van der Waals surface area contributed by atoms with Crippen molar-refractivity contribution in [3.63, 3.8) is 0 Å². The highest BCUT2D eigenvalue weighted by molar-refractivity contribution is 5.97. The largest absolute Gasteiger partial charge is 0.495 e. The molecule has 152 valence electrons. The van der Waals surface area contributed by atoms with E-state index in [1.165, 1.54) is 0 Å². The number of carbonyl (C=O) groups is 2. The molecule has 7 nitrogen and oxygen atoms in total. The molecule has 2 aliphatic heterocycles. The van der Waals surface area contributed by atoms with Gasteiger partial charge in [0.2, 0.25) is 5.91 Å². The average Bonchev–Trinajstić information content (AvgIpc) is 3.41. The van der Waals surface area contributed by atoms with E-state index in [2.05, 4.69) is 5.32 Å². The van der Waals surface area contributed by atoms with Crippen molar-refractivity contribution < 1.29 is 19.1 Å². The number of amides is 3. The van der Waals surface area contributed by atoms with Crippen molar-refractivity contribution in [3.05, 3.63) is 18.2 Å². The number of hydrogen-bond donors (Lipinski definition) is 1. The summed E-state index contributed by atoms with van der Waals surface area (Å²) in [6.45, 7) is 2.95. The van der Waals surface area contributed by atoms with Gasteiger partial charge in [-0.25, -0.2) is 4.79 Å². The Balaban J connectivity index is 1.49. The molecule has 3 fully saturated rings.